The van der Waals surface area contributed by atoms with Gasteiger partial charge in [-0.3, -0.25) is 4.79 Å². The maximum atomic E-state index is 12.4. The molecule has 0 unspecified atom stereocenters. The minimum Gasteiger partial charge on any atom is -0.454 e. The molecule has 25 heavy (non-hydrogen) atoms. The van der Waals surface area contributed by atoms with E-state index in [1.165, 1.54) is 17.5 Å². The van der Waals surface area contributed by atoms with Crippen LogP contribution < -0.4 is 14.8 Å². The van der Waals surface area contributed by atoms with Gasteiger partial charge in [-0.2, -0.15) is 5.26 Å². The van der Waals surface area contributed by atoms with Crippen LogP contribution >= 0.6 is 11.3 Å². The van der Waals surface area contributed by atoms with Crippen molar-refractivity contribution in [3.63, 3.8) is 0 Å². The number of fused-ring (bicyclic) bond motifs is 1. The number of para-hydroxylation sites is 1. The van der Waals surface area contributed by atoms with E-state index in [2.05, 4.69) is 16.4 Å². The second-order valence-corrected chi connectivity index (χ2v) is 6.24. The average Bonchev–Trinajstić information content (AvgIpc) is 3.30. The lowest BCUT2D eigenvalue weighted by molar-refractivity contribution is 0.103. The SMILES string of the molecule is N#Cc1ccccc1NC(=O)c1cnc(-c2ccc3c(c2)OCO3)s1. The fourth-order valence-electron chi connectivity index (χ4n) is 2.42. The smallest absolute Gasteiger partial charge is 0.267 e. The van der Waals surface area contributed by atoms with Gasteiger partial charge in [0.15, 0.2) is 11.5 Å². The van der Waals surface area contributed by atoms with Gasteiger partial charge in [-0.15, -0.1) is 11.3 Å². The number of anilines is 1. The topological polar surface area (TPSA) is 84.2 Å². The van der Waals surface area contributed by atoms with Crippen molar-refractivity contribution in [1.29, 1.82) is 5.26 Å². The highest BCUT2D eigenvalue weighted by atomic mass is 32.1. The van der Waals surface area contributed by atoms with Gasteiger partial charge in [-0.1, -0.05) is 12.1 Å². The van der Waals surface area contributed by atoms with Crippen molar-refractivity contribution in [2.75, 3.05) is 12.1 Å². The van der Waals surface area contributed by atoms with Crippen molar-refractivity contribution < 1.29 is 14.3 Å². The average molecular weight is 349 g/mol. The molecule has 1 N–H and O–H groups in total. The van der Waals surface area contributed by atoms with E-state index in [-0.39, 0.29) is 12.7 Å². The summed E-state index contributed by atoms with van der Waals surface area (Å²) in [6, 6.07) is 14.4. The van der Waals surface area contributed by atoms with E-state index < -0.39 is 0 Å². The molecule has 1 aliphatic rings. The van der Waals surface area contributed by atoms with Crippen LogP contribution in [0.4, 0.5) is 5.69 Å². The predicted octanol–water partition coefficient (Wildman–Crippen LogP) is 3.66. The largest absolute Gasteiger partial charge is 0.454 e. The van der Waals surface area contributed by atoms with Crippen LogP contribution in [0, 0.1) is 11.3 Å². The van der Waals surface area contributed by atoms with Gasteiger partial charge in [0.25, 0.3) is 5.91 Å². The van der Waals surface area contributed by atoms with Gasteiger partial charge in [0.05, 0.1) is 17.4 Å². The lowest BCUT2D eigenvalue weighted by atomic mass is 10.2. The van der Waals surface area contributed by atoms with Gasteiger partial charge in [0.1, 0.15) is 16.0 Å². The highest BCUT2D eigenvalue weighted by Gasteiger charge is 2.17. The molecule has 0 bridgehead atoms. The first-order valence-electron chi connectivity index (χ1n) is 7.41. The standard InChI is InChI=1S/C18H11N3O3S/c19-8-12-3-1-2-4-13(12)21-17(22)16-9-20-18(25-16)11-5-6-14-15(7-11)24-10-23-14/h1-7,9H,10H2,(H,21,22). The first kappa shape index (κ1) is 15.2. The lowest BCUT2D eigenvalue weighted by Gasteiger charge is -2.04. The van der Waals surface area contributed by atoms with E-state index in [1.807, 2.05) is 18.2 Å². The number of ether oxygens (including phenoxy) is 2. The number of aromatic nitrogens is 1. The Hall–Kier alpha value is -3.37. The number of carbonyl (C=O) groups excluding carboxylic acids is 1. The number of benzene rings is 2. The fraction of sp³-hybridized carbons (Fsp3) is 0.0556. The van der Waals surface area contributed by atoms with Gasteiger partial charge in [-0.25, -0.2) is 4.98 Å². The zero-order chi connectivity index (χ0) is 17.2. The number of hydrogen-bond donors (Lipinski definition) is 1. The van der Waals surface area contributed by atoms with Crippen LogP contribution in [0.3, 0.4) is 0 Å². The summed E-state index contributed by atoms with van der Waals surface area (Å²) < 4.78 is 10.7. The second-order valence-electron chi connectivity index (χ2n) is 5.21. The number of rotatable bonds is 3. The Kier molecular flexibility index (Phi) is 3.80. The van der Waals surface area contributed by atoms with Crippen LogP contribution in [0.15, 0.2) is 48.7 Å². The molecular formula is C18H11N3O3S. The summed E-state index contributed by atoms with van der Waals surface area (Å²) in [6.45, 7) is 0.211. The molecule has 1 aliphatic heterocycles. The molecule has 4 rings (SSSR count). The fourth-order valence-corrected chi connectivity index (χ4v) is 3.22. The molecule has 1 aromatic heterocycles. The normalized spacial score (nSPS) is 11.8. The molecular weight excluding hydrogens is 338 g/mol. The zero-order valence-corrected chi connectivity index (χ0v) is 13.7. The molecule has 2 heterocycles. The molecule has 2 aromatic carbocycles. The Bertz CT molecular complexity index is 1010. The first-order chi connectivity index (χ1) is 12.2. The van der Waals surface area contributed by atoms with E-state index >= 15 is 0 Å². The Morgan fingerprint density at radius 3 is 2.92 bits per heavy atom. The van der Waals surface area contributed by atoms with Gasteiger partial charge in [-0.05, 0) is 30.3 Å². The summed E-state index contributed by atoms with van der Waals surface area (Å²) in [5.41, 5.74) is 1.75. The van der Waals surface area contributed by atoms with Crippen molar-refractivity contribution in [1.82, 2.24) is 4.98 Å². The van der Waals surface area contributed by atoms with Crippen LogP contribution in [0.1, 0.15) is 15.2 Å². The number of hydrogen-bond acceptors (Lipinski definition) is 6. The van der Waals surface area contributed by atoms with Crippen molar-refractivity contribution in [2.24, 2.45) is 0 Å². The predicted molar refractivity (Wildman–Crippen MR) is 92.8 cm³/mol. The Morgan fingerprint density at radius 1 is 1.20 bits per heavy atom. The molecule has 3 aromatic rings. The lowest BCUT2D eigenvalue weighted by Crippen LogP contribution is -2.11. The maximum Gasteiger partial charge on any atom is 0.267 e. The molecule has 122 valence electrons. The van der Waals surface area contributed by atoms with E-state index in [0.29, 0.717) is 32.6 Å². The summed E-state index contributed by atoms with van der Waals surface area (Å²) >= 11 is 1.27. The molecule has 6 nitrogen and oxygen atoms in total. The minimum atomic E-state index is -0.299. The third-order valence-electron chi connectivity index (χ3n) is 3.64. The Labute approximate surface area is 147 Å². The highest BCUT2D eigenvalue weighted by Crippen LogP contribution is 2.37. The monoisotopic (exact) mass is 349 g/mol. The van der Waals surface area contributed by atoms with E-state index in [1.54, 1.807) is 24.3 Å². The highest BCUT2D eigenvalue weighted by molar-refractivity contribution is 7.17. The molecule has 7 heteroatoms. The summed E-state index contributed by atoms with van der Waals surface area (Å²) in [4.78, 5) is 17.2. The van der Waals surface area contributed by atoms with Crippen molar-refractivity contribution in [3.8, 4) is 28.1 Å². The summed E-state index contributed by atoms with van der Waals surface area (Å²) in [6.07, 6.45) is 1.52. The molecule has 0 fully saturated rings. The van der Waals surface area contributed by atoms with Gasteiger partial charge >= 0.3 is 0 Å². The molecule has 0 atom stereocenters. The third kappa shape index (κ3) is 2.91. The molecule has 0 aliphatic carbocycles. The van der Waals surface area contributed by atoms with E-state index in [0.717, 1.165) is 5.56 Å². The van der Waals surface area contributed by atoms with Crippen LogP contribution in [0.5, 0.6) is 11.5 Å². The number of nitrogens with zero attached hydrogens (tertiary/aromatic N) is 2. The summed E-state index contributed by atoms with van der Waals surface area (Å²) in [5.74, 6) is 1.07. The van der Waals surface area contributed by atoms with Gasteiger partial charge in [0.2, 0.25) is 6.79 Å². The number of thiazole rings is 1. The number of nitriles is 1. The van der Waals surface area contributed by atoms with Crippen LogP contribution in [0.25, 0.3) is 10.6 Å². The van der Waals surface area contributed by atoms with E-state index in [4.69, 9.17) is 14.7 Å². The summed E-state index contributed by atoms with van der Waals surface area (Å²) in [7, 11) is 0. The number of carbonyl (C=O) groups is 1. The van der Waals surface area contributed by atoms with Crippen LogP contribution in [0.2, 0.25) is 0 Å². The van der Waals surface area contributed by atoms with E-state index in [9.17, 15) is 4.79 Å². The molecule has 0 spiro atoms. The molecule has 0 radical (unpaired) electrons. The van der Waals surface area contributed by atoms with Crippen molar-refractivity contribution in [3.05, 3.63) is 59.1 Å². The quantitative estimate of drug-likeness (QED) is 0.780. The minimum absolute atomic E-state index is 0.211. The second kappa shape index (κ2) is 6.26. The number of nitrogens with one attached hydrogen (secondary N) is 1. The van der Waals surface area contributed by atoms with Crippen molar-refractivity contribution >= 4 is 22.9 Å². The van der Waals surface area contributed by atoms with Crippen LogP contribution in [-0.4, -0.2) is 17.7 Å². The molecule has 0 saturated carbocycles. The number of amides is 1. The summed E-state index contributed by atoms with van der Waals surface area (Å²) in [5, 5.41) is 12.6. The van der Waals surface area contributed by atoms with Gasteiger partial charge in [0, 0.05) is 5.56 Å². The van der Waals surface area contributed by atoms with Gasteiger partial charge < -0.3 is 14.8 Å². The first-order valence-corrected chi connectivity index (χ1v) is 8.22. The Morgan fingerprint density at radius 2 is 2.04 bits per heavy atom. The Balaban J connectivity index is 1.57. The molecule has 0 saturated heterocycles. The third-order valence-corrected chi connectivity index (χ3v) is 4.69. The van der Waals surface area contributed by atoms with Crippen LogP contribution in [-0.2, 0) is 0 Å². The zero-order valence-electron chi connectivity index (χ0n) is 12.9. The molecule has 1 amide bonds. The van der Waals surface area contributed by atoms with Crippen molar-refractivity contribution in [2.45, 2.75) is 0 Å². The maximum absolute atomic E-state index is 12.4.